The number of phenolic OH excluding ortho intramolecular Hbond substituents is 1. The third-order valence-corrected chi connectivity index (χ3v) is 4.63. The molecule has 7 nitrogen and oxygen atoms in total. The summed E-state index contributed by atoms with van der Waals surface area (Å²) in [5, 5.41) is 13.3. The van der Waals surface area contributed by atoms with Crippen LogP contribution in [0.15, 0.2) is 67.3 Å². The minimum Gasteiger partial charge on any atom is -0.504 e. The van der Waals surface area contributed by atoms with Crippen molar-refractivity contribution < 1.29 is 14.6 Å². The Labute approximate surface area is 163 Å². The van der Waals surface area contributed by atoms with Crippen molar-refractivity contribution in [3.05, 3.63) is 83.9 Å². The lowest BCUT2D eigenvalue weighted by Crippen LogP contribution is -2.54. The minimum atomic E-state index is -1.22. The fourth-order valence-corrected chi connectivity index (χ4v) is 3.09. The van der Waals surface area contributed by atoms with Crippen molar-refractivity contribution in [1.29, 1.82) is 0 Å². The number of primary amides is 1. The number of carbonyl (C=O) groups excluding carboxylic acids is 1. The SMILES string of the molecule is COc1cc(C(Cc2ccncc2)(NCc2cccnc2)C(N)=O)ccc1O. The maximum atomic E-state index is 12.8. The molecule has 3 aromatic rings. The summed E-state index contributed by atoms with van der Waals surface area (Å²) in [5.74, 6) is -0.289. The molecule has 4 N–H and O–H groups in total. The molecule has 0 fully saturated rings. The number of nitrogens with two attached hydrogens (primary N) is 1. The standard InChI is InChI=1S/C21H22N4O3/c1-28-19-11-17(4-5-18(19)26)21(20(22)27,12-15-6-9-23-10-7-15)25-14-16-3-2-8-24-13-16/h2-11,13,25-26H,12,14H2,1H3,(H2,22,27). The summed E-state index contributed by atoms with van der Waals surface area (Å²) in [5.41, 5.74) is 7.08. The van der Waals surface area contributed by atoms with Gasteiger partial charge in [-0.05, 0) is 47.0 Å². The number of nitrogens with one attached hydrogen (secondary N) is 1. The van der Waals surface area contributed by atoms with Crippen LogP contribution >= 0.6 is 0 Å². The monoisotopic (exact) mass is 378 g/mol. The Morgan fingerprint density at radius 3 is 2.57 bits per heavy atom. The van der Waals surface area contributed by atoms with Gasteiger partial charge in [-0.1, -0.05) is 12.1 Å². The van der Waals surface area contributed by atoms with Gasteiger partial charge in [0.1, 0.15) is 5.54 Å². The van der Waals surface area contributed by atoms with E-state index in [0.717, 1.165) is 11.1 Å². The smallest absolute Gasteiger partial charge is 0.242 e. The van der Waals surface area contributed by atoms with Crippen LogP contribution in [0.3, 0.4) is 0 Å². The molecule has 2 aromatic heterocycles. The molecule has 0 saturated heterocycles. The van der Waals surface area contributed by atoms with Crippen molar-refractivity contribution in [2.75, 3.05) is 7.11 Å². The molecule has 0 aliphatic rings. The van der Waals surface area contributed by atoms with Gasteiger partial charge in [-0.25, -0.2) is 0 Å². The first-order valence-electron chi connectivity index (χ1n) is 8.75. The van der Waals surface area contributed by atoms with E-state index in [9.17, 15) is 9.90 Å². The highest BCUT2D eigenvalue weighted by atomic mass is 16.5. The van der Waals surface area contributed by atoms with Gasteiger partial charge in [0.05, 0.1) is 7.11 Å². The van der Waals surface area contributed by atoms with Crippen LogP contribution in [0.2, 0.25) is 0 Å². The number of hydrogen-bond acceptors (Lipinski definition) is 6. The molecular weight excluding hydrogens is 356 g/mol. The molecule has 0 bridgehead atoms. The molecular formula is C21H22N4O3. The summed E-state index contributed by atoms with van der Waals surface area (Å²) in [6.07, 6.45) is 7.05. The van der Waals surface area contributed by atoms with Gasteiger partial charge in [0.15, 0.2) is 11.5 Å². The van der Waals surface area contributed by atoms with E-state index < -0.39 is 11.4 Å². The van der Waals surface area contributed by atoms with E-state index in [1.165, 1.54) is 13.2 Å². The van der Waals surface area contributed by atoms with E-state index in [1.807, 2.05) is 24.3 Å². The molecule has 7 heteroatoms. The number of ether oxygens (including phenoxy) is 1. The van der Waals surface area contributed by atoms with Gasteiger partial charge in [0.25, 0.3) is 0 Å². The molecule has 3 rings (SSSR count). The third kappa shape index (κ3) is 4.10. The maximum Gasteiger partial charge on any atom is 0.242 e. The molecule has 0 radical (unpaired) electrons. The summed E-state index contributed by atoms with van der Waals surface area (Å²) in [6.45, 7) is 0.380. The first-order chi connectivity index (χ1) is 13.5. The van der Waals surface area contributed by atoms with Crippen LogP contribution < -0.4 is 15.8 Å². The van der Waals surface area contributed by atoms with E-state index in [-0.39, 0.29) is 11.5 Å². The van der Waals surface area contributed by atoms with Gasteiger partial charge in [-0.2, -0.15) is 0 Å². The molecule has 0 saturated carbocycles. The van der Waals surface area contributed by atoms with E-state index in [0.29, 0.717) is 18.5 Å². The van der Waals surface area contributed by atoms with Crippen molar-refractivity contribution in [2.45, 2.75) is 18.5 Å². The summed E-state index contributed by atoms with van der Waals surface area (Å²) in [6, 6.07) is 12.2. The van der Waals surface area contributed by atoms with Crippen molar-refractivity contribution in [1.82, 2.24) is 15.3 Å². The molecule has 0 spiro atoms. The number of pyridine rings is 2. The summed E-state index contributed by atoms with van der Waals surface area (Å²) in [4.78, 5) is 20.9. The Hall–Kier alpha value is -3.45. The number of aromatic nitrogens is 2. The molecule has 2 heterocycles. The Morgan fingerprint density at radius 1 is 1.14 bits per heavy atom. The maximum absolute atomic E-state index is 12.8. The van der Waals surface area contributed by atoms with Gasteiger partial charge in [0.2, 0.25) is 5.91 Å². The lowest BCUT2D eigenvalue weighted by atomic mass is 9.82. The number of benzene rings is 1. The van der Waals surface area contributed by atoms with Gasteiger partial charge in [-0.15, -0.1) is 0 Å². The molecule has 144 valence electrons. The highest BCUT2D eigenvalue weighted by Crippen LogP contribution is 2.33. The van der Waals surface area contributed by atoms with Crippen molar-refractivity contribution >= 4 is 5.91 Å². The van der Waals surface area contributed by atoms with Crippen LogP contribution in [-0.2, 0) is 23.3 Å². The van der Waals surface area contributed by atoms with E-state index in [4.69, 9.17) is 10.5 Å². The first-order valence-corrected chi connectivity index (χ1v) is 8.75. The molecule has 0 aliphatic carbocycles. The Bertz CT molecular complexity index is 935. The number of amides is 1. The summed E-state index contributed by atoms with van der Waals surface area (Å²) in [7, 11) is 1.46. The van der Waals surface area contributed by atoms with Crippen LogP contribution in [0, 0.1) is 0 Å². The zero-order valence-electron chi connectivity index (χ0n) is 15.5. The highest BCUT2D eigenvalue weighted by Gasteiger charge is 2.39. The zero-order valence-corrected chi connectivity index (χ0v) is 15.5. The second kappa shape index (κ2) is 8.49. The van der Waals surface area contributed by atoms with Crippen LogP contribution in [0.1, 0.15) is 16.7 Å². The minimum absolute atomic E-state index is 0.0132. The zero-order chi connectivity index (χ0) is 20.0. The second-order valence-corrected chi connectivity index (χ2v) is 6.40. The molecule has 1 amide bonds. The van der Waals surface area contributed by atoms with Gasteiger partial charge < -0.3 is 15.6 Å². The van der Waals surface area contributed by atoms with E-state index in [2.05, 4.69) is 15.3 Å². The molecule has 1 unspecified atom stereocenters. The highest BCUT2D eigenvalue weighted by molar-refractivity contribution is 5.87. The van der Waals surface area contributed by atoms with E-state index in [1.54, 1.807) is 36.9 Å². The molecule has 28 heavy (non-hydrogen) atoms. The number of aromatic hydroxyl groups is 1. The fraction of sp³-hybridized carbons (Fsp3) is 0.190. The van der Waals surface area contributed by atoms with Crippen LogP contribution in [-0.4, -0.2) is 28.1 Å². The normalized spacial score (nSPS) is 12.9. The van der Waals surface area contributed by atoms with Crippen LogP contribution in [0.5, 0.6) is 11.5 Å². The predicted octanol–water partition coefficient (Wildman–Crippen LogP) is 1.90. The third-order valence-electron chi connectivity index (χ3n) is 4.63. The molecule has 1 atom stereocenters. The Kier molecular flexibility index (Phi) is 5.86. The number of hydrogen-bond donors (Lipinski definition) is 3. The number of rotatable bonds is 8. The second-order valence-electron chi connectivity index (χ2n) is 6.40. The van der Waals surface area contributed by atoms with Crippen LogP contribution in [0.4, 0.5) is 0 Å². The van der Waals surface area contributed by atoms with Gasteiger partial charge >= 0.3 is 0 Å². The van der Waals surface area contributed by atoms with Gasteiger partial charge in [-0.3, -0.25) is 20.1 Å². The summed E-state index contributed by atoms with van der Waals surface area (Å²) >= 11 is 0. The lowest BCUT2D eigenvalue weighted by Gasteiger charge is -2.33. The quantitative estimate of drug-likeness (QED) is 0.552. The largest absolute Gasteiger partial charge is 0.504 e. The first kappa shape index (κ1) is 19.3. The average Bonchev–Trinajstić information content (AvgIpc) is 2.73. The molecule has 0 aliphatic heterocycles. The topological polar surface area (TPSA) is 110 Å². The fourth-order valence-electron chi connectivity index (χ4n) is 3.09. The van der Waals surface area contributed by atoms with E-state index >= 15 is 0 Å². The number of nitrogens with zero attached hydrogens (tertiary/aromatic N) is 2. The predicted molar refractivity (Wildman–Crippen MR) is 105 cm³/mol. The van der Waals surface area contributed by atoms with Crippen molar-refractivity contribution in [2.24, 2.45) is 5.73 Å². The Morgan fingerprint density at radius 2 is 1.93 bits per heavy atom. The Balaban J connectivity index is 2.05. The number of methoxy groups -OCH3 is 1. The number of phenols is 1. The lowest BCUT2D eigenvalue weighted by molar-refractivity contribution is -0.125. The summed E-state index contributed by atoms with van der Waals surface area (Å²) < 4.78 is 5.22. The van der Waals surface area contributed by atoms with Crippen LogP contribution in [0.25, 0.3) is 0 Å². The molecule has 1 aromatic carbocycles. The van der Waals surface area contributed by atoms with Crippen molar-refractivity contribution in [3.63, 3.8) is 0 Å². The van der Waals surface area contributed by atoms with Crippen molar-refractivity contribution in [3.8, 4) is 11.5 Å². The number of carbonyl (C=O) groups is 1. The van der Waals surface area contributed by atoms with Gasteiger partial charge in [0, 0.05) is 37.8 Å². The average molecular weight is 378 g/mol.